The van der Waals surface area contributed by atoms with E-state index in [0.717, 1.165) is 23.8 Å². The zero-order valence-electron chi connectivity index (χ0n) is 23.7. The molecule has 2 aliphatic rings. The number of rotatable bonds is 3. The number of amides is 3. The molecule has 0 saturated carbocycles. The van der Waals surface area contributed by atoms with Crippen LogP contribution in [0.3, 0.4) is 0 Å². The van der Waals surface area contributed by atoms with Gasteiger partial charge >= 0.3 is 0 Å². The Bertz CT molecular complexity index is 1500. The van der Waals surface area contributed by atoms with E-state index in [1.54, 1.807) is 24.3 Å². The van der Waals surface area contributed by atoms with Crippen molar-refractivity contribution < 1.29 is 37.4 Å². The average molecular weight is 594 g/mol. The number of benzene rings is 3. The Balaban J connectivity index is 1.33. The molecule has 5 rings (SSSR count). The number of halogens is 2. The van der Waals surface area contributed by atoms with Crippen LogP contribution >= 0.6 is 0 Å². The predicted octanol–water partition coefficient (Wildman–Crippen LogP) is 4.13. The summed E-state index contributed by atoms with van der Waals surface area (Å²) in [5.74, 6) is -0.790. The largest absolute Gasteiger partial charge is 0.497 e. The van der Waals surface area contributed by atoms with Gasteiger partial charge in [-0.1, -0.05) is 12.1 Å². The van der Waals surface area contributed by atoms with E-state index < -0.39 is 23.8 Å². The second-order valence-electron chi connectivity index (χ2n) is 10.6. The van der Waals surface area contributed by atoms with Gasteiger partial charge in [0.2, 0.25) is 11.8 Å². The third kappa shape index (κ3) is 7.86. The van der Waals surface area contributed by atoms with Crippen LogP contribution in [0.4, 0.5) is 8.78 Å². The maximum Gasteiger partial charge on any atom is 0.251 e. The quantitative estimate of drug-likeness (QED) is 0.473. The first-order valence-corrected chi connectivity index (χ1v) is 14.1. The number of nitrogens with zero attached hydrogens (tertiary/aromatic N) is 1. The SMILES string of the molecule is COc1cc2cc(c1)C(=O)NCCCC(=O)N[C@H]1CN(C(=O)Cc3cc(F)ccc3F)CC[C@@H]1OCc1cccc(c1)O2. The van der Waals surface area contributed by atoms with Crippen LogP contribution in [0.5, 0.6) is 17.2 Å². The number of carbonyl (C=O) groups excluding carboxylic acids is 3. The van der Waals surface area contributed by atoms with Gasteiger partial charge in [0.25, 0.3) is 5.91 Å². The summed E-state index contributed by atoms with van der Waals surface area (Å²) in [6.45, 7) is 0.973. The lowest BCUT2D eigenvalue weighted by Crippen LogP contribution is -2.57. The minimum absolute atomic E-state index is 0.0223. The summed E-state index contributed by atoms with van der Waals surface area (Å²) >= 11 is 0. The molecule has 43 heavy (non-hydrogen) atoms. The molecule has 1 fully saturated rings. The molecule has 2 heterocycles. The lowest BCUT2D eigenvalue weighted by atomic mass is 10.00. The molecule has 0 unspecified atom stereocenters. The Hall–Kier alpha value is -4.51. The fourth-order valence-electron chi connectivity index (χ4n) is 5.20. The van der Waals surface area contributed by atoms with E-state index in [2.05, 4.69) is 10.6 Å². The normalized spacial score (nSPS) is 19.6. The Labute approximate surface area is 248 Å². The monoisotopic (exact) mass is 593 g/mol. The topological polar surface area (TPSA) is 106 Å². The molecule has 2 aliphatic heterocycles. The number of ether oxygens (including phenoxy) is 3. The van der Waals surface area contributed by atoms with Crippen molar-refractivity contribution in [2.45, 2.75) is 44.4 Å². The summed E-state index contributed by atoms with van der Waals surface area (Å²) < 4.78 is 45.5. The molecule has 226 valence electrons. The Morgan fingerprint density at radius 2 is 1.93 bits per heavy atom. The van der Waals surface area contributed by atoms with Gasteiger partial charge in [-0.15, -0.1) is 0 Å². The van der Waals surface area contributed by atoms with Crippen molar-refractivity contribution in [3.05, 3.63) is 89.0 Å². The molecular weight excluding hydrogens is 560 g/mol. The van der Waals surface area contributed by atoms with E-state index in [-0.39, 0.29) is 55.8 Å². The highest BCUT2D eigenvalue weighted by molar-refractivity contribution is 5.95. The van der Waals surface area contributed by atoms with Crippen LogP contribution in [-0.4, -0.2) is 61.5 Å². The summed E-state index contributed by atoms with van der Waals surface area (Å²) in [7, 11) is 1.51. The first-order chi connectivity index (χ1) is 20.8. The van der Waals surface area contributed by atoms with Crippen LogP contribution in [0.15, 0.2) is 60.7 Å². The first kappa shape index (κ1) is 30.0. The number of fused-ring (bicyclic) bond motifs is 5. The van der Waals surface area contributed by atoms with Crippen molar-refractivity contribution in [1.29, 1.82) is 0 Å². The zero-order chi connectivity index (χ0) is 30.3. The van der Waals surface area contributed by atoms with Gasteiger partial charge in [0.1, 0.15) is 28.9 Å². The van der Waals surface area contributed by atoms with Crippen molar-refractivity contribution >= 4 is 17.7 Å². The van der Waals surface area contributed by atoms with Crippen molar-refractivity contribution in [3.8, 4) is 17.2 Å². The maximum atomic E-state index is 14.2. The summed E-state index contributed by atoms with van der Waals surface area (Å²) in [6, 6.07) is 14.7. The summed E-state index contributed by atoms with van der Waals surface area (Å²) in [5.41, 5.74) is 1.16. The zero-order valence-corrected chi connectivity index (χ0v) is 23.7. The molecule has 0 radical (unpaired) electrons. The molecular formula is C32H33F2N3O6. The number of likely N-dealkylation sites (tertiary alicyclic amines) is 1. The van der Waals surface area contributed by atoms with Crippen LogP contribution in [0.1, 0.15) is 40.7 Å². The van der Waals surface area contributed by atoms with Crippen LogP contribution in [-0.2, 0) is 27.4 Å². The maximum absolute atomic E-state index is 14.2. The minimum atomic E-state index is -0.651. The molecule has 3 amide bonds. The van der Waals surface area contributed by atoms with Crippen molar-refractivity contribution in [1.82, 2.24) is 15.5 Å². The van der Waals surface area contributed by atoms with Crippen LogP contribution in [0.25, 0.3) is 0 Å². The van der Waals surface area contributed by atoms with Crippen molar-refractivity contribution in [2.24, 2.45) is 0 Å². The van der Waals surface area contributed by atoms with Crippen LogP contribution in [0, 0.1) is 11.6 Å². The molecule has 3 aromatic rings. The number of carbonyl (C=O) groups is 3. The minimum Gasteiger partial charge on any atom is -0.497 e. The second kappa shape index (κ2) is 13.6. The Kier molecular flexibility index (Phi) is 9.51. The summed E-state index contributed by atoms with van der Waals surface area (Å²) in [4.78, 5) is 40.4. The average Bonchev–Trinajstić information content (AvgIpc) is 3.00. The lowest BCUT2D eigenvalue weighted by molar-refractivity contribution is -0.136. The van der Waals surface area contributed by atoms with E-state index in [4.69, 9.17) is 14.2 Å². The highest BCUT2D eigenvalue weighted by Gasteiger charge is 2.33. The van der Waals surface area contributed by atoms with Crippen molar-refractivity contribution in [2.75, 3.05) is 26.7 Å². The molecule has 9 nitrogen and oxygen atoms in total. The fraction of sp³-hybridized carbons (Fsp3) is 0.344. The van der Waals surface area contributed by atoms with Crippen molar-refractivity contribution in [3.63, 3.8) is 0 Å². The molecule has 11 heteroatoms. The summed E-state index contributed by atoms with van der Waals surface area (Å²) in [6.07, 6.45) is 0.260. The van der Waals surface area contributed by atoms with E-state index in [9.17, 15) is 23.2 Å². The Morgan fingerprint density at radius 3 is 2.77 bits per heavy atom. The second-order valence-corrected chi connectivity index (χ2v) is 10.6. The Morgan fingerprint density at radius 1 is 1.07 bits per heavy atom. The smallest absolute Gasteiger partial charge is 0.251 e. The van der Waals surface area contributed by atoms with Gasteiger partial charge in [-0.3, -0.25) is 14.4 Å². The van der Waals surface area contributed by atoms with Gasteiger partial charge in [0, 0.05) is 43.2 Å². The van der Waals surface area contributed by atoms with Gasteiger partial charge in [-0.25, -0.2) is 8.78 Å². The van der Waals surface area contributed by atoms with Gasteiger partial charge in [-0.2, -0.15) is 0 Å². The number of piperidine rings is 1. The molecule has 0 aliphatic carbocycles. The highest BCUT2D eigenvalue weighted by Crippen LogP contribution is 2.29. The van der Waals surface area contributed by atoms with Crippen LogP contribution in [0.2, 0.25) is 0 Å². The molecule has 0 aromatic heterocycles. The molecule has 4 bridgehead atoms. The predicted molar refractivity (Wildman–Crippen MR) is 153 cm³/mol. The number of hydrogen-bond donors (Lipinski definition) is 2. The number of methoxy groups -OCH3 is 1. The molecule has 2 atom stereocenters. The van der Waals surface area contributed by atoms with Gasteiger partial charge < -0.3 is 29.7 Å². The third-order valence-corrected chi connectivity index (χ3v) is 7.44. The van der Waals surface area contributed by atoms with Gasteiger partial charge in [0.15, 0.2) is 0 Å². The molecule has 3 aromatic carbocycles. The number of hydrogen-bond acceptors (Lipinski definition) is 6. The standard InChI is InChI=1S/C32H33F2N3O6/c1-41-25-14-22-15-26(17-25)43-24-5-2-4-20(12-24)19-42-29-9-11-37(31(39)16-21-13-23(33)7-8-27(21)34)18-28(29)36-30(38)6-3-10-35-32(22)40/h2,4-5,7-8,12-15,17,28-29H,3,6,9-11,16,18-19H2,1H3,(H,35,40)(H,36,38)/t28-,29-/m0/s1. The van der Waals surface area contributed by atoms with Gasteiger partial charge in [0.05, 0.1) is 32.3 Å². The van der Waals surface area contributed by atoms with Gasteiger partial charge in [-0.05, 0) is 60.9 Å². The molecule has 1 saturated heterocycles. The number of nitrogens with one attached hydrogen (secondary N) is 2. The van der Waals surface area contributed by atoms with E-state index in [1.807, 2.05) is 18.2 Å². The van der Waals surface area contributed by atoms with Crippen LogP contribution < -0.4 is 20.1 Å². The van der Waals surface area contributed by atoms with E-state index in [1.165, 1.54) is 12.0 Å². The molecule has 2 N–H and O–H groups in total. The highest BCUT2D eigenvalue weighted by atomic mass is 19.1. The third-order valence-electron chi connectivity index (χ3n) is 7.44. The van der Waals surface area contributed by atoms with E-state index >= 15 is 0 Å². The molecule has 0 spiro atoms. The lowest BCUT2D eigenvalue weighted by Gasteiger charge is -2.39. The fourth-order valence-corrected chi connectivity index (χ4v) is 5.20. The van der Waals surface area contributed by atoms with E-state index in [0.29, 0.717) is 42.2 Å². The summed E-state index contributed by atoms with van der Waals surface area (Å²) in [5, 5.41) is 5.80. The first-order valence-electron chi connectivity index (χ1n) is 14.1.